The minimum absolute atomic E-state index is 0.0527. The summed E-state index contributed by atoms with van der Waals surface area (Å²) in [5, 5.41) is 10.1. The van der Waals surface area contributed by atoms with Crippen molar-refractivity contribution in [3.8, 4) is 11.5 Å². The Morgan fingerprint density at radius 3 is 1.62 bits per heavy atom. The fourth-order valence-corrected chi connectivity index (χ4v) is 3.59. The molecule has 14 nitrogen and oxygen atoms in total. The number of anilines is 5. The van der Waals surface area contributed by atoms with Gasteiger partial charge in [-0.15, -0.1) is 0 Å². The smallest absolute Gasteiger partial charge is 0.330 e. The van der Waals surface area contributed by atoms with Gasteiger partial charge in [-0.2, -0.15) is 0 Å². The van der Waals surface area contributed by atoms with Crippen molar-refractivity contribution in [1.82, 2.24) is 0 Å². The molecule has 14 heteroatoms. The van der Waals surface area contributed by atoms with Crippen molar-refractivity contribution in [2.24, 2.45) is 0 Å². The van der Waals surface area contributed by atoms with E-state index in [-0.39, 0.29) is 32.1 Å². The van der Waals surface area contributed by atoms with E-state index >= 15 is 0 Å². The van der Waals surface area contributed by atoms with E-state index in [9.17, 15) is 19.7 Å². The summed E-state index contributed by atoms with van der Waals surface area (Å²) in [6, 6.07) is 14.9. The number of nitrogen functional groups attached to an aromatic ring is 4. The molecule has 0 aromatic heterocycles. The van der Waals surface area contributed by atoms with Gasteiger partial charge in [-0.05, 0) is 56.7 Å². The van der Waals surface area contributed by atoms with Gasteiger partial charge in [0.25, 0.3) is 5.69 Å². The van der Waals surface area contributed by atoms with Gasteiger partial charge in [0.2, 0.25) is 0 Å². The van der Waals surface area contributed by atoms with Gasteiger partial charge in [0.1, 0.15) is 37.9 Å². The first-order valence-corrected chi connectivity index (χ1v) is 14.5. The van der Waals surface area contributed by atoms with Crippen LogP contribution in [0.2, 0.25) is 0 Å². The summed E-state index contributed by atoms with van der Waals surface area (Å²) in [4.78, 5) is 33.7. The number of esters is 2. The summed E-state index contributed by atoms with van der Waals surface area (Å²) in [7, 11) is 0. The lowest BCUT2D eigenvalue weighted by atomic mass is 10.1. The fourth-order valence-electron chi connectivity index (χ4n) is 3.59. The normalized spacial score (nSPS) is 9.68. The highest BCUT2D eigenvalue weighted by atomic mass is 16.6. The SMILES string of the molecule is C=CC(=O)OCCOc1cc(N)c(OCCOC(=O)C=C)cc1N.CCN(CC)c1ccc(N)c(C)c1.Nc1ccc([N+](=O)[O-])cc1. The van der Waals surface area contributed by atoms with Gasteiger partial charge >= 0.3 is 11.9 Å². The zero-order chi connectivity index (χ0) is 35.4. The zero-order valence-electron chi connectivity index (χ0n) is 27.0. The maximum absolute atomic E-state index is 10.9. The van der Waals surface area contributed by atoms with E-state index < -0.39 is 16.9 Å². The standard InChI is InChI=1S/C16H20N2O6.C11H18N2.C6H6N2O2/c1-3-15(19)23-7-5-21-13-9-12(18)14(10-11(13)17)22-6-8-24-16(20)4-2;1-4-13(5-2)10-6-7-11(12)9(3)8-10;7-5-1-3-6(4-2-5)8(9)10/h3-4,9-10H,1-2,5-8,17-18H2;6-8H,4-5,12H2,1-3H3;1-4H,7H2. The summed E-state index contributed by atoms with van der Waals surface area (Å²) in [5.74, 6) is -0.390. The molecule has 0 atom stereocenters. The lowest BCUT2D eigenvalue weighted by Gasteiger charge is -2.21. The van der Waals surface area contributed by atoms with Crippen LogP contribution in [0.1, 0.15) is 19.4 Å². The Morgan fingerprint density at radius 1 is 0.766 bits per heavy atom. The Morgan fingerprint density at radius 2 is 1.23 bits per heavy atom. The molecule has 0 unspecified atom stereocenters. The number of benzene rings is 3. The predicted octanol–water partition coefficient (Wildman–Crippen LogP) is 4.67. The second-order valence-electron chi connectivity index (χ2n) is 9.43. The molecule has 0 radical (unpaired) electrons. The van der Waals surface area contributed by atoms with Crippen molar-refractivity contribution in [3.05, 3.63) is 95.6 Å². The third-order valence-corrected chi connectivity index (χ3v) is 6.13. The number of hydrogen-bond acceptors (Lipinski definition) is 13. The molecule has 3 aromatic carbocycles. The lowest BCUT2D eigenvalue weighted by Crippen LogP contribution is -2.21. The molecule has 0 amide bonds. The van der Waals surface area contributed by atoms with Crippen LogP contribution in [0.4, 0.5) is 34.1 Å². The quantitative estimate of drug-likeness (QED) is 0.0465. The van der Waals surface area contributed by atoms with Crippen LogP contribution < -0.4 is 37.3 Å². The summed E-state index contributed by atoms with van der Waals surface area (Å²) < 4.78 is 20.3. The zero-order valence-corrected chi connectivity index (χ0v) is 27.0. The van der Waals surface area contributed by atoms with E-state index in [0.717, 1.165) is 36.5 Å². The average molecular weight is 653 g/mol. The molecule has 0 saturated carbocycles. The minimum Gasteiger partial charge on any atom is -0.488 e. The van der Waals surface area contributed by atoms with E-state index in [0.29, 0.717) is 28.6 Å². The first-order valence-electron chi connectivity index (χ1n) is 14.5. The van der Waals surface area contributed by atoms with Crippen molar-refractivity contribution in [3.63, 3.8) is 0 Å². The van der Waals surface area contributed by atoms with Gasteiger partial charge in [0.05, 0.1) is 16.3 Å². The molecule has 0 aliphatic heterocycles. The summed E-state index contributed by atoms with van der Waals surface area (Å²) in [6.45, 7) is 15.3. The first kappa shape index (κ1) is 39.1. The molecule has 3 aromatic rings. The Hall–Kier alpha value is -5.92. The van der Waals surface area contributed by atoms with Crippen LogP contribution in [-0.2, 0) is 19.1 Å². The summed E-state index contributed by atoms with van der Waals surface area (Å²) in [6.07, 6.45) is 2.12. The van der Waals surface area contributed by atoms with E-state index in [1.165, 1.54) is 42.1 Å². The van der Waals surface area contributed by atoms with Crippen LogP contribution in [0.5, 0.6) is 11.5 Å². The molecule has 0 spiro atoms. The van der Waals surface area contributed by atoms with Gasteiger partial charge < -0.3 is 46.8 Å². The van der Waals surface area contributed by atoms with Crippen LogP contribution >= 0.6 is 0 Å². The third kappa shape index (κ3) is 14.6. The number of nitro groups is 1. The Bertz CT molecular complexity index is 1420. The number of rotatable bonds is 14. The minimum atomic E-state index is -0.535. The molecule has 8 N–H and O–H groups in total. The van der Waals surface area contributed by atoms with Crippen LogP contribution in [0.25, 0.3) is 0 Å². The number of hydrogen-bond donors (Lipinski definition) is 4. The molecule has 254 valence electrons. The largest absolute Gasteiger partial charge is 0.488 e. The Kier molecular flexibility index (Phi) is 17.4. The number of nitrogens with two attached hydrogens (primary N) is 4. The first-order chi connectivity index (χ1) is 22.4. The molecule has 3 rings (SSSR count). The molecule has 0 aliphatic rings. The number of nitrogens with zero attached hydrogens (tertiary/aromatic N) is 2. The third-order valence-electron chi connectivity index (χ3n) is 6.13. The monoisotopic (exact) mass is 652 g/mol. The van der Waals surface area contributed by atoms with Crippen molar-refractivity contribution in [2.75, 3.05) is 67.4 Å². The van der Waals surface area contributed by atoms with E-state index in [1.54, 1.807) is 0 Å². The Labute approximate surface area is 274 Å². The maximum atomic E-state index is 10.9. The second-order valence-corrected chi connectivity index (χ2v) is 9.43. The molecule has 0 saturated heterocycles. The number of nitro benzene ring substituents is 1. The molecule has 0 fully saturated rings. The van der Waals surface area contributed by atoms with E-state index in [2.05, 4.69) is 44.0 Å². The van der Waals surface area contributed by atoms with Gasteiger partial charge in [-0.25, -0.2) is 9.59 Å². The lowest BCUT2D eigenvalue weighted by molar-refractivity contribution is -0.384. The van der Waals surface area contributed by atoms with Gasteiger partial charge in [0.15, 0.2) is 0 Å². The van der Waals surface area contributed by atoms with Crippen LogP contribution in [-0.4, -0.2) is 56.4 Å². The van der Waals surface area contributed by atoms with Crippen LogP contribution in [0, 0.1) is 17.0 Å². The highest BCUT2D eigenvalue weighted by molar-refractivity contribution is 5.81. The number of ether oxygens (including phenoxy) is 4. The van der Waals surface area contributed by atoms with Crippen molar-refractivity contribution >= 4 is 46.1 Å². The summed E-state index contributed by atoms with van der Waals surface area (Å²) >= 11 is 0. The summed E-state index contributed by atoms with van der Waals surface area (Å²) in [5.41, 5.74) is 27.2. The van der Waals surface area contributed by atoms with Gasteiger partial charge in [-0.3, -0.25) is 10.1 Å². The predicted molar refractivity (Wildman–Crippen MR) is 185 cm³/mol. The topological polar surface area (TPSA) is 222 Å². The van der Waals surface area contributed by atoms with E-state index in [1.807, 2.05) is 13.0 Å². The van der Waals surface area contributed by atoms with E-state index in [4.69, 9.17) is 41.9 Å². The van der Waals surface area contributed by atoms with Crippen molar-refractivity contribution < 1.29 is 33.5 Å². The molecular formula is C33H44N6O8. The fraction of sp³-hybridized carbons (Fsp3) is 0.273. The molecule has 47 heavy (non-hydrogen) atoms. The van der Waals surface area contributed by atoms with Gasteiger partial charge in [-0.1, -0.05) is 13.2 Å². The van der Waals surface area contributed by atoms with Crippen LogP contribution in [0.3, 0.4) is 0 Å². The van der Waals surface area contributed by atoms with Crippen molar-refractivity contribution in [2.45, 2.75) is 20.8 Å². The molecule has 0 aliphatic carbocycles. The maximum Gasteiger partial charge on any atom is 0.330 e. The van der Waals surface area contributed by atoms with Crippen LogP contribution in [0.15, 0.2) is 79.9 Å². The molecular weight excluding hydrogens is 608 g/mol. The highest BCUT2D eigenvalue weighted by Crippen LogP contribution is 2.33. The average Bonchev–Trinajstić information content (AvgIpc) is 3.05. The molecule has 0 bridgehead atoms. The number of carbonyl (C=O) groups excluding carboxylic acids is 2. The molecule has 0 heterocycles. The second kappa shape index (κ2) is 20.9. The number of carbonyl (C=O) groups is 2. The van der Waals surface area contributed by atoms with Gasteiger partial charge in [0, 0.05) is 66.6 Å². The number of aryl methyl sites for hydroxylation is 1. The number of non-ortho nitro benzene ring substituents is 1. The van der Waals surface area contributed by atoms with Crippen molar-refractivity contribution in [1.29, 1.82) is 0 Å². The Balaban J connectivity index is 0.000000399. The highest BCUT2D eigenvalue weighted by Gasteiger charge is 2.09.